The maximum atomic E-state index is 10.4. The Balaban J connectivity index is 2.09. The molecule has 2 aromatic heterocycles. The molecule has 0 spiro atoms. The van der Waals surface area contributed by atoms with Gasteiger partial charge in [-0.05, 0) is 6.42 Å². The minimum atomic E-state index is -1.05. The van der Waals surface area contributed by atoms with Crippen molar-refractivity contribution in [1.29, 1.82) is 0 Å². The van der Waals surface area contributed by atoms with Gasteiger partial charge >= 0.3 is 0 Å². The van der Waals surface area contributed by atoms with E-state index in [4.69, 9.17) is 5.73 Å². The van der Waals surface area contributed by atoms with Crippen molar-refractivity contribution in [2.45, 2.75) is 36.2 Å². The van der Waals surface area contributed by atoms with Crippen LogP contribution in [-0.4, -0.2) is 65.4 Å². The molecule has 9 nitrogen and oxygen atoms in total. The van der Waals surface area contributed by atoms with E-state index in [9.17, 15) is 15.3 Å². The first-order valence-corrected chi connectivity index (χ1v) is 8.37. The maximum absolute atomic E-state index is 10.4. The fourth-order valence-corrected chi connectivity index (χ4v) is 4.03. The summed E-state index contributed by atoms with van der Waals surface area (Å²) >= 11 is 1.28. The molecule has 3 rings (SSSR count). The topological polar surface area (TPSA) is 142 Å². The monoisotopic (exact) mass is 340 g/mol. The molecule has 3 heterocycles. The highest BCUT2D eigenvalue weighted by atomic mass is 32.2. The van der Waals surface area contributed by atoms with E-state index in [1.54, 1.807) is 4.57 Å². The smallest absolute Gasteiger partial charge is 0.206 e. The number of aliphatic hydroxyl groups is 3. The van der Waals surface area contributed by atoms with Crippen molar-refractivity contribution in [3.05, 3.63) is 6.33 Å². The first kappa shape index (κ1) is 16.2. The molecule has 0 amide bonds. The molecule has 1 fully saturated rings. The quantitative estimate of drug-likeness (QED) is 0.489. The van der Waals surface area contributed by atoms with Gasteiger partial charge < -0.3 is 26.4 Å². The van der Waals surface area contributed by atoms with Crippen LogP contribution in [0.25, 0.3) is 11.2 Å². The summed E-state index contributed by atoms with van der Waals surface area (Å²) in [5.74, 6) is 0.765. The number of imidazole rings is 1. The van der Waals surface area contributed by atoms with Gasteiger partial charge in [0.05, 0.1) is 18.0 Å². The van der Waals surface area contributed by atoms with E-state index >= 15 is 0 Å². The lowest BCUT2D eigenvalue weighted by molar-refractivity contribution is 0.0115. The van der Waals surface area contributed by atoms with Gasteiger partial charge in [0.1, 0.15) is 17.8 Å². The largest absolute Gasteiger partial charge is 0.395 e. The van der Waals surface area contributed by atoms with E-state index in [1.807, 2.05) is 6.92 Å². The maximum Gasteiger partial charge on any atom is 0.206 e. The minimum Gasteiger partial charge on any atom is -0.395 e. The second kappa shape index (κ2) is 6.48. The molecule has 1 aliphatic rings. The molecule has 1 saturated heterocycles. The normalized spacial score (nSPS) is 27.7. The number of nitrogens with two attached hydrogens (primary N) is 1. The standard InChI is InChI=1S/C13H20N6O3S/c1-2-3-15-13-18-7-10(14)16-5-17-11(7)19(13)12-9(22)8(21)6(4-20)23-12/h5-6,8-9,12,20-22H,2-4H2,1H3,(H,15,18)(H2,14,16,17)/t6-,8-,9-,12-/m1/s1. The molecule has 4 atom stereocenters. The number of fused-ring (bicyclic) bond motifs is 1. The Morgan fingerprint density at radius 2 is 2.13 bits per heavy atom. The van der Waals surface area contributed by atoms with Crippen molar-refractivity contribution in [3.63, 3.8) is 0 Å². The van der Waals surface area contributed by atoms with Gasteiger partial charge in [0.25, 0.3) is 0 Å². The molecule has 0 unspecified atom stereocenters. The summed E-state index contributed by atoms with van der Waals surface area (Å²) < 4.78 is 1.72. The Morgan fingerprint density at radius 3 is 2.78 bits per heavy atom. The molecule has 0 saturated carbocycles. The SMILES string of the molecule is CCCNc1nc2c(N)ncnc2n1[C@@H]1S[C@H](CO)[C@@H](O)[C@H]1O. The van der Waals surface area contributed by atoms with Gasteiger partial charge in [0.2, 0.25) is 5.95 Å². The first-order valence-electron chi connectivity index (χ1n) is 7.43. The summed E-state index contributed by atoms with van der Waals surface area (Å²) in [6, 6.07) is 0. The van der Waals surface area contributed by atoms with Crippen molar-refractivity contribution in [2.75, 3.05) is 24.2 Å². The molecule has 0 bridgehead atoms. The molecule has 23 heavy (non-hydrogen) atoms. The lowest BCUT2D eigenvalue weighted by Gasteiger charge is -2.19. The molecule has 6 N–H and O–H groups in total. The van der Waals surface area contributed by atoms with Gasteiger partial charge in [-0.15, -0.1) is 11.8 Å². The lowest BCUT2D eigenvalue weighted by atomic mass is 10.1. The second-order valence-corrected chi connectivity index (χ2v) is 6.75. The zero-order chi connectivity index (χ0) is 16.6. The predicted molar refractivity (Wildman–Crippen MR) is 88.0 cm³/mol. The van der Waals surface area contributed by atoms with Crippen molar-refractivity contribution in [1.82, 2.24) is 19.5 Å². The zero-order valence-corrected chi connectivity index (χ0v) is 13.4. The van der Waals surface area contributed by atoms with Crippen LogP contribution in [0.3, 0.4) is 0 Å². The van der Waals surface area contributed by atoms with E-state index in [0.717, 1.165) is 6.42 Å². The van der Waals surface area contributed by atoms with Crippen LogP contribution < -0.4 is 11.1 Å². The number of nitrogen functional groups attached to an aromatic ring is 1. The number of rotatable bonds is 5. The summed E-state index contributed by atoms with van der Waals surface area (Å²) in [4.78, 5) is 12.6. The summed E-state index contributed by atoms with van der Waals surface area (Å²) in [5, 5.41) is 32.0. The van der Waals surface area contributed by atoms with Gasteiger partial charge in [-0.3, -0.25) is 4.57 Å². The summed E-state index contributed by atoms with van der Waals surface area (Å²) in [6.07, 6.45) is 0.163. The average Bonchev–Trinajstić information content (AvgIpc) is 3.05. The fraction of sp³-hybridized carbons (Fsp3) is 0.615. The van der Waals surface area contributed by atoms with E-state index in [0.29, 0.717) is 23.7 Å². The highest BCUT2D eigenvalue weighted by Crippen LogP contribution is 2.44. The van der Waals surface area contributed by atoms with Crippen LogP contribution in [0, 0.1) is 0 Å². The molecule has 126 valence electrons. The van der Waals surface area contributed by atoms with Gasteiger partial charge in [-0.1, -0.05) is 6.92 Å². The van der Waals surface area contributed by atoms with Crippen LogP contribution in [0.1, 0.15) is 18.7 Å². The van der Waals surface area contributed by atoms with Crippen LogP contribution in [0.5, 0.6) is 0 Å². The molecule has 0 radical (unpaired) electrons. The van der Waals surface area contributed by atoms with Crippen molar-refractivity contribution in [3.8, 4) is 0 Å². The van der Waals surface area contributed by atoms with E-state index in [1.165, 1.54) is 18.1 Å². The number of hydrogen-bond acceptors (Lipinski definition) is 9. The van der Waals surface area contributed by atoms with Crippen LogP contribution in [0.15, 0.2) is 6.33 Å². The van der Waals surface area contributed by atoms with Crippen LogP contribution in [0.2, 0.25) is 0 Å². The first-order chi connectivity index (χ1) is 11.1. The van der Waals surface area contributed by atoms with E-state index in [-0.39, 0.29) is 12.4 Å². The van der Waals surface area contributed by atoms with Crippen LogP contribution in [0.4, 0.5) is 11.8 Å². The molecular formula is C13H20N6O3S. The molecule has 10 heteroatoms. The Bertz CT molecular complexity index is 696. The molecule has 2 aromatic rings. The second-order valence-electron chi connectivity index (χ2n) is 5.39. The zero-order valence-electron chi connectivity index (χ0n) is 12.6. The van der Waals surface area contributed by atoms with Gasteiger partial charge in [-0.25, -0.2) is 15.0 Å². The Hall–Kier alpha value is -1.62. The number of anilines is 2. The van der Waals surface area contributed by atoms with Gasteiger partial charge in [0, 0.05) is 6.54 Å². The van der Waals surface area contributed by atoms with Crippen molar-refractivity contribution in [2.24, 2.45) is 0 Å². The highest BCUT2D eigenvalue weighted by molar-refractivity contribution is 8.00. The third kappa shape index (κ3) is 2.71. The number of hydrogen-bond donors (Lipinski definition) is 5. The Kier molecular flexibility index (Phi) is 4.57. The lowest BCUT2D eigenvalue weighted by Crippen LogP contribution is -2.33. The third-order valence-electron chi connectivity index (χ3n) is 3.81. The average molecular weight is 340 g/mol. The molecule has 0 aromatic carbocycles. The van der Waals surface area contributed by atoms with Crippen molar-refractivity contribution < 1.29 is 15.3 Å². The summed E-state index contributed by atoms with van der Waals surface area (Å²) in [7, 11) is 0. The highest BCUT2D eigenvalue weighted by Gasteiger charge is 2.44. The molecule has 1 aliphatic heterocycles. The Morgan fingerprint density at radius 1 is 1.35 bits per heavy atom. The fourth-order valence-electron chi connectivity index (χ4n) is 2.62. The van der Waals surface area contributed by atoms with Gasteiger partial charge in [0.15, 0.2) is 17.0 Å². The van der Waals surface area contributed by atoms with Gasteiger partial charge in [-0.2, -0.15) is 0 Å². The van der Waals surface area contributed by atoms with Crippen LogP contribution >= 0.6 is 11.8 Å². The number of aliphatic hydroxyl groups excluding tert-OH is 3. The predicted octanol–water partition coefficient (Wildman–Crippen LogP) is -0.442. The summed E-state index contributed by atoms with van der Waals surface area (Å²) in [5.41, 5.74) is 6.80. The number of aromatic nitrogens is 4. The molecular weight excluding hydrogens is 320 g/mol. The number of thioether (sulfide) groups is 1. The Labute approximate surface area is 137 Å². The summed E-state index contributed by atoms with van der Waals surface area (Å²) in [6.45, 7) is 2.50. The van der Waals surface area contributed by atoms with E-state index < -0.39 is 22.8 Å². The third-order valence-corrected chi connectivity index (χ3v) is 5.36. The number of nitrogens with zero attached hydrogens (tertiary/aromatic N) is 4. The van der Waals surface area contributed by atoms with Crippen LogP contribution in [-0.2, 0) is 0 Å². The molecule has 0 aliphatic carbocycles. The minimum absolute atomic E-state index is 0.221. The van der Waals surface area contributed by atoms with E-state index in [2.05, 4.69) is 20.3 Å². The number of nitrogens with one attached hydrogen (secondary N) is 1. The van der Waals surface area contributed by atoms with Crippen molar-refractivity contribution >= 4 is 34.7 Å².